The van der Waals surface area contributed by atoms with Crippen molar-refractivity contribution < 1.29 is 38.5 Å². The van der Waals surface area contributed by atoms with Gasteiger partial charge in [0, 0.05) is 0 Å². The summed E-state index contributed by atoms with van der Waals surface area (Å²) < 4.78 is 16.9. The molecular weight excluding hydrogens is 560 g/mol. The minimum atomic E-state index is -1.02. The lowest BCUT2D eigenvalue weighted by atomic mass is 10.1. The fraction of sp³-hybridized carbons (Fsp3) is 0.111. The zero-order chi connectivity index (χ0) is 27.4. The van der Waals surface area contributed by atoms with E-state index in [0.29, 0.717) is 27.3 Å². The SMILES string of the molecule is COc1ccc(N2C(=O)NC(=O)/C(=C\c3cc(Br)c(OCc4ccc(C(=O)O)cc4)c(OC)c3)C2=O)cc1. The van der Waals surface area contributed by atoms with E-state index in [1.165, 1.54) is 44.6 Å². The molecule has 11 heteroatoms. The molecule has 38 heavy (non-hydrogen) atoms. The molecule has 0 spiro atoms. The van der Waals surface area contributed by atoms with Gasteiger partial charge in [0.1, 0.15) is 17.9 Å². The van der Waals surface area contributed by atoms with E-state index < -0.39 is 23.8 Å². The smallest absolute Gasteiger partial charge is 0.335 e. The number of methoxy groups -OCH3 is 2. The number of hydrogen-bond acceptors (Lipinski definition) is 7. The molecule has 0 atom stereocenters. The first-order valence-electron chi connectivity index (χ1n) is 11.1. The fourth-order valence-corrected chi connectivity index (χ4v) is 4.23. The van der Waals surface area contributed by atoms with Gasteiger partial charge in [0.05, 0.1) is 29.9 Å². The van der Waals surface area contributed by atoms with Gasteiger partial charge >= 0.3 is 12.0 Å². The minimum absolute atomic E-state index is 0.134. The number of hydrogen-bond donors (Lipinski definition) is 2. The Labute approximate surface area is 225 Å². The lowest BCUT2D eigenvalue weighted by molar-refractivity contribution is -0.122. The van der Waals surface area contributed by atoms with Crippen LogP contribution in [0, 0.1) is 0 Å². The lowest BCUT2D eigenvalue weighted by Gasteiger charge is -2.26. The highest BCUT2D eigenvalue weighted by Gasteiger charge is 2.37. The summed E-state index contributed by atoms with van der Waals surface area (Å²) in [7, 11) is 2.93. The topological polar surface area (TPSA) is 131 Å². The van der Waals surface area contributed by atoms with E-state index >= 15 is 0 Å². The number of carboxylic acids is 1. The molecule has 0 bridgehead atoms. The van der Waals surface area contributed by atoms with Crippen molar-refractivity contribution in [2.45, 2.75) is 6.61 Å². The van der Waals surface area contributed by atoms with Gasteiger partial charge < -0.3 is 19.3 Å². The van der Waals surface area contributed by atoms with E-state index in [1.54, 1.807) is 36.4 Å². The van der Waals surface area contributed by atoms with Crippen molar-refractivity contribution in [2.75, 3.05) is 19.1 Å². The highest BCUT2D eigenvalue weighted by Crippen LogP contribution is 2.38. The number of carboxylic acid groups (broad SMARTS) is 1. The van der Waals surface area contributed by atoms with E-state index in [9.17, 15) is 19.2 Å². The van der Waals surface area contributed by atoms with Gasteiger partial charge in [-0.3, -0.25) is 14.9 Å². The molecule has 1 fully saturated rings. The summed E-state index contributed by atoms with van der Waals surface area (Å²) >= 11 is 3.44. The lowest BCUT2D eigenvalue weighted by Crippen LogP contribution is -2.54. The van der Waals surface area contributed by atoms with Crippen LogP contribution in [0.3, 0.4) is 0 Å². The number of barbiturate groups is 1. The standard InChI is InChI=1S/C27H21BrN2O8/c1-36-19-9-7-18(8-10-19)30-25(32)20(24(31)29-27(30)35)11-16-12-21(28)23(22(13-16)37-2)38-14-15-3-5-17(6-4-15)26(33)34/h3-13H,14H2,1-2H3,(H,33,34)(H,29,31,35)/b20-11+. The van der Waals surface area contributed by atoms with E-state index in [0.717, 1.165) is 10.5 Å². The average molecular weight is 581 g/mol. The van der Waals surface area contributed by atoms with Crippen molar-refractivity contribution in [3.05, 3.63) is 87.4 Å². The summed E-state index contributed by atoms with van der Waals surface area (Å²) in [5, 5.41) is 11.2. The molecule has 2 N–H and O–H groups in total. The Morgan fingerprint density at radius 1 is 1.00 bits per heavy atom. The molecule has 0 radical (unpaired) electrons. The molecule has 1 heterocycles. The first-order chi connectivity index (χ1) is 18.2. The second-order valence-electron chi connectivity index (χ2n) is 7.98. The summed E-state index contributed by atoms with van der Waals surface area (Å²) in [5.41, 5.74) is 1.36. The van der Waals surface area contributed by atoms with Crippen molar-refractivity contribution in [1.29, 1.82) is 0 Å². The molecule has 10 nitrogen and oxygen atoms in total. The number of rotatable bonds is 8. The molecule has 0 aliphatic carbocycles. The summed E-state index contributed by atoms with van der Waals surface area (Å²) in [6.07, 6.45) is 1.35. The molecule has 1 aliphatic rings. The number of imide groups is 2. The predicted molar refractivity (Wildman–Crippen MR) is 140 cm³/mol. The first-order valence-corrected chi connectivity index (χ1v) is 11.9. The Morgan fingerprint density at radius 3 is 2.29 bits per heavy atom. The number of aromatic carboxylic acids is 1. The molecule has 3 aromatic rings. The fourth-order valence-electron chi connectivity index (χ4n) is 3.65. The van der Waals surface area contributed by atoms with Crippen LogP contribution in [0.25, 0.3) is 6.08 Å². The van der Waals surface area contributed by atoms with Crippen molar-refractivity contribution in [2.24, 2.45) is 0 Å². The maximum atomic E-state index is 13.2. The molecule has 3 aromatic carbocycles. The van der Waals surface area contributed by atoms with Crippen LogP contribution in [0.1, 0.15) is 21.5 Å². The van der Waals surface area contributed by atoms with Crippen LogP contribution in [0.4, 0.5) is 10.5 Å². The van der Waals surface area contributed by atoms with Crippen molar-refractivity contribution in [1.82, 2.24) is 5.32 Å². The Balaban J connectivity index is 1.59. The van der Waals surface area contributed by atoms with E-state index in [1.807, 2.05) is 0 Å². The van der Waals surface area contributed by atoms with Gasteiger partial charge in [-0.15, -0.1) is 0 Å². The van der Waals surface area contributed by atoms with E-state index in [2.05, 4.69) is 21.2 Å². The van der Waals surface area contributed by atoms with Gasteiger partial charge in [-0.25, -0.2) is 14.5 Å². The molecule has 1 aliphatic heterocycles. The molecule has 0 aromatic heterocycles. The molecule has 1 saturated heterocycles. The third-order valence-electron chi connectivity index (χ3n) is 5.58. The van der Waals surface area contributed by atoms with E-state index in [4.69, 9.17) is 19.3 Å². The number of urea groups is 1. The number of nitrogens with zero attached hydrogens (tertiary/aromatic N) is 1. The summed E-state index contributed by atoms with van der Waals surface area (Å²) in [5.74, 6) is -1.41. The largest absolute Gasteiger partial charge is 0.497 e. The Morgan fingerprint density at radius 2 is 1.68 bits per heavy atom. The predicted octanol–water partition coefficient (Wildman–Crippen LogP) is 4.41. The molecule has 4 rings (SSSR count). The van der Waals surface area contributed by atoms with Crippen molar-refractivity contribution >= 4 is 51.5 Å². The van der Waals surface area contributed by atoms with Crippen molar-refractivity contribution in [3.8, 4) is 17.2 Å². The van der Waals surface area contributed by atoms with Crippen LogP contribution in [0.5, 0.6) is 17.2 Å². The number of carbonyl (C=O) groups is 4. The van der Waals surface area contributed by atoms with Crippen LogP contribution in [-0.4, -0.2) is 43.1 Å². The van der Waals surface area contributed by atoms with Crippen LogP contribution in [0.2, 0.25) is 0 Å². The maximum absolute atomic E-state index is 13.2. The molecule has 0 saturated carbocycles. The monoisotopic (exact) mass is 580 g/mol. The third kappa shape index (κ3) is 5.52. The normalized spacial score (nSPS) is 14.3. The zero-order valence-electron chi connectivity index (χ0n) is 20.2. The summed E-state index contributed by atoms with van der Waals surface area (Å²) in [6.45, 7) is 0.134. The number of nitrogens with one attached hydrogen (secondary N) is 1. The van der Waals surface area contributed by atoms with Crippen LogP contribution >= 0.6 is 15.9 Å². The number of benzene rings is 3. The summed E-state index contributed by atoms with van der Waals surface area (Å²) in [4.78, 5) is 50.1. The van der Waals surface area contributed by atoms with Gasteiger partial charge in [-0.1, -0.05) is 12.1 Å². The molecule has 4 amide bonds. The van der Waals surface area contributed by atoms with Gasteiger partial charge in [-0.2, -0.15) is 0 Å². The number of halogens is 1. The zero-order valence-corrected chi connectivity index (χ0v) is 21.8. The van der Waals surface area contributed by atoms with Gasteiger partial charge in [-0.05, 0) is 81.7 Å². The Kier molecular flexibility index (Phi) is 7.77. The number of anilines is 1. The van der Waals surface area contributed by atoms with Crippen LogP contribution < -0.4 is 24.4 Å². The third-order valence-corrected chi connectivity index (χ3v) is 6.17. The van der Waals surface area contributed by atoms with Crippen LogP contribution in [-0.2, 0) is 16.2 Å². The van der Waals surface area contributed by atoms with Crippen molar-refractivity contribution in [3.63, 3.8) is 0 Å². The van der Waals surface area contributed by atoms with Gasteiger partial charge in [0.25, 0.3) is 11.8 Å². The highest BCUT2D eigenvalue weighted by atomic mass is 79.9. The number of ether oxygens (including phenoxy) is 3. The number of carbonyl (C=O) groups excluding carboxylic acids is 3. The second kappa shape index (κ2) is 11.2. The van der Waals surface area contributed by atoms with Crippen LogP contribution in [0.15, 0.2) is 70.7 Å². The molecular formula is C27H21BrN2O8. The van der Waals surface area contributed by atoms with E-state index in [-0.39, 0.29) is 23.4 Å². The van der Waals surface area contributed by atoms with Gasteiger partial charge in [0.15, 0.2) is 11.5 Å². The Bertz CT molecular complexity index is 1450. The minimum Gasteiger partial charge on any atom is -0.497 e. The average Bonchev–Trinajstić information content (AvgIpc) is 2.90. The number of amides is 4. The molecule has 194 valence electrons. The molecule has 0 unspecified atom stereocenters. The highest BCUT2D eigenvalue weighted by molar-refractivity contribution is 9.10. The summed E-state index contributed by atoms with van der Waals surface area (Å²) in [6, 6.07) is 14.9. The maximum Gasteiger partial charge on any atom is 0.335 e. The Hall–Kier alpha value is -4.64. The van der Waals surface area contributed by atoms with Gasteiger partial charge in [0.2, 0.25) is 0 Å². The second-order valence-corrected chi connectivity index (χ2v) is 8.84. The quantitative estimate of drug-likeness (QED) is 0.296. The first kappa shape index (κ1) is 26.4.